The van der Waals surface area contributed by atoms with Crippen LogP contribution >= 0.6 is 0 Å². The minimum atomic E-state index is -0.546. The summed E-state index contributed by atoms with van der Waals surface area (Å²) in [6.45, 7) is 4.66. The van der Waals surface area contributed by atoms with E-state index in [9.17, 15) is 14.3 Å². The number of nitrogens with one attached hydrogen (secondary N) is 1. The molecule has 2 N–H and O–H groups in total. The molecule has 2 aromatic heterocycles. The molecule has 180 valence electrons. The topological polar surface area (TPSA) is 82.1 Å². The number of phenolic OH excluding ortho intramolecular Hbond substituents is 1. The predicted molar refractivity (Wildman–Crippen MR) is 133 cm³/mol. The van der Waals surface area contributed by atoms with E-state index >= 15 is 0 Å². The molecule has 34 heavy (non-hydrogen) atoms. The van der Waals surface area contributed by atoms with Crippen molar-refractivity contribution in [2.45, 2.75) is 64.8 Å². The van der Waals surface area contributed by atoms with Gasteiger partial charge in [0.1, 0.15) is 11.6 Å². The van der Waals surface area contributed by atoms with Crippen molar-refractivity contribution in [2.75, 3.05) is 11.9 Å². The molecule has 1 aliphatic carbocycles. The van der Waals surface area contributed by atoms with Crippen molar-refractivity contribution in [3.8, 4) is 28.1 Å². The highest BCUT2D eigenvalue weighted by atomic mass is 19.1. The van der Waals surface area contributed by atoms with E-state index in [0.29, 0.717) is 22.7 Å². The van der Waals surface area contributed by atoms with Gasteiger partial charge in [-0.3, -0.25) is 4.79 Å². The Hall–Kier alpha value is -3.22. The molecule has 0 aliphatic heterocycles. The molecule has 1 aliphatic rings. The van der Waals surface area contributed by atoms with E-state index in [1.165, 1.54) is 56.5 Å². The van der Waals surface area contributed by atoms with Gasteiger partial charge in [0.2, 0.25) is 5.56 Å². The standard InChI is InChI=1S/C27H33FN4O2/c1-4-11-27(2)12-6-5-7-19(17-27)32(3)25-9-8-23(30-31-25)21-15-22(28)20(16-24(21)33)18-10-13-29-26(34)14-18/h8-10,13-16,19,33H,4-7,11-12,17H2,1-3H3,(H,29,34)/t19-,27+/m0/s1. The summed E-state index contributed by atoms with van der Waals surface area (Å²) < 4.78 is 14.9. The highest BCUT2D eigenvalue weighted by molar-refractivity contribution is 5.74. The molecule has 0 spiro atoms. The van der Waals surface area contributed by atoms with Crippen molar-refractivity contribution >= 4 is 5.82 Å². The monoisotopic (exact) mass is 464 g/mol. The van der Waals surface area contributed by atoms with Crippen LogP contribution in [-0.2, 0) is 0 Å². The first-order valence-corrected chi connectivity index (χ1v) is 12.1. The minimum Gasteiger partial charge on any atom is -0.507 e. The van der Waals surface area contributed by atoms with Gasteiger partial charge in [0, 0.05) is 36.5 Å². The molecule has 0 saturated heterocycles. The molecule has 7 heteroatoms. The molecular weight excluding hydrogens is 431 g/mol. The minimum absolute atomic E-state index is 0.119. The number of hydrogen-bond donors (Lipinski definition) is 2. The maximum Gasteiger partial charge on any atom is 0.248 e. The lowest BCUT2D eigenvalue weighted by Crippen LogP contribution is -2.36. The summed E-state index contributed by atoms with van der Waals surface area (Å²) >= 11 is 0. The fourth-order valence-corrected chi connectivity index (χ4v) is 5.31. The second kappa shape index (κ2) is 9.95. The molecule has 0 bridgehead atoms. The molecule has 4 rings (SSSR count). The maximum atomic E-state index is 14.9. The summed E-state index contributed by atoms with van der Waals surface area (Å²) in [5, 5.41) is 19.3. The van der Waals surface area contributed by atoms with Gasteiger partial charge in [-0.2, -0.15) is 0 Å². The molecule has 2 atom stereocenters. The fraction of sp³-hybridized carbons (Fsp3) is 0.444. The van der Waals surface area contributed by atoms with Crippen LogP contribution < -0.4 is 10.5 Å². The number of H-pyrrole nitrogens is 1. The Kier molecular flexibility index (Phi) is 7.00. The van der Waals surface area contributed by atoms with Crippen molar-refractivity contribution < 1.29 is 9.50 Å². The molecule has 0 radical (unpaired) electrons. The van der Waals surface area contributed by atoms with Gasteiger partial charge >= 0.3 is 0 Å². The van der Waals surface area contributed by atoms with E-state index in [-0.39, 0.29) is 22.4 Å². The van der Waals surface area contributed by atoms with Crippen LogP contribution in [0.2, 0.25) is 0 Å². The molecule has 6 nitrogen and oxygen atoms in total. The normalized spacial score (nSPS) is 20.6. The third-order valence-electron chi connectivity index (χ3n) is 7.16. The molecule has 1 aromatic carbocycles. The Morgan fingerprint density at radius 2 is 2.00 bits per heavy atom. The van der Waals surface area contributed by atoms with Gasteiger partial charge in [-0.05, 0) is 67.0 Å². The zero-order chi connectivity index (χ0) is 24.3. The number of aromatic hydroxyl groups is 1. The molecule has 3 aromatic rings. The van der Waals surface area contributed by atoms with E-state index < -0.39 is 5.82 Å². The van der Waals surface area contributed by atoms with Gasteiger partial charge in [-0.25, -0.2) is 4.39 Å². The SMILES string of the molecule is CCC[C@]1(C)CCCC[C@H](N(C)c2ccc(-c3cc(F)c(-c4cc[nH]c(=O)c4)cc3O)nn2)C1. The first-order chi connectivity index (χ1) is 16.3. The number of benzene rings is 1. The predicted octanol–water partition coefficient (Wildman–Crippen LogP) is 5.92. The van der Waals surface area contributed by atoms with E-state index in [2.05, 4.69) is 41.0 Å². The average molecular weight is 465 g/mol. The van der Waals surface area contributed by atoms with Crippen LogP contribution in [0.15, 0.2) is 47.4 Å². The fourth-order valence-electron chi connectivity index (χ4n) is 5.31. The Morgan fingerprint density at radius 1 is 1.18 bits per heavy atom. The number of halogens is 1. The number of anilines is 1. The largest absolute Gasteiger partial charge is 0.507 e. The summed E-state index contributed by atoms with van der Waals surface area (Å²) in [6, 6.07) is 9.48. The van der Waals surface area contributed by atoms with Gasteiger partial charge < -0.3 is 15.0 Å². The van der Waals surface area contributed by atoms with Crippen LogP contribution in [0.4, 0.5) is 10.2 Å². The lowest BCUT2D eigenvalue weighted by molar-refractivity contribution is 0.238. The second-order valence-corrected chi connectivity index (χ2v) is 9.84. The van der Waals surface area contributed by atoms with Crippen LogP contribution in [0.25, 0.3) is 22.4 Å². The quantitative estimate of drug-likeness (QED) is 0.443. The van der Waals surface area contributed by atoms with Crippen LogP contribution in [0.5, 0.6) is 5.75 Å². The summed E-state index contributed by atoms with van der Waals surface area (Å²) in [5.41, 5.74) is 1.21. The highest BCUT2D eigenvalue weighted by Crippen LogP contribution is 2.41. The van der Waals surface area contributed by atoms with Gasteiger partial charge in [-0.15, -0.1) is 10.2 Å². The second-order valence-electron chi connectivity index (χ2n) is 9.84. The summed E-state index contributed by atoms with van der Waals surface area (Å²) in [4.78, 5) is 16.3. The number of rotatable bonds is 6. The average Bonchev–Trinajstić information content (AvgIpc) is 3.02. The number of aromatic amines is 1. The molecule has 1 fully saturated rings. The number of nitrogens with zero attached hydrogens (tertiary/aromatic N) is 3. The van der Waals surface area contributed by atoms with Crippen molar-refractivity contribution in [2.24, 2.45) is 5.41 Å². The number of phenols is 1. The van der Waals surface area contributed by atoms with Crippen molar-refractivity contribution in [3.63, 3.8) is 0 Å². The first kappa shape index (κ1) is 23.9. The van der Waals surface area contributed by atoms with Crippen LogP contribution in [0.1, 0.15) is 58.8 Å². The van der Waals surface area contributed by atoms with Gasteiger partial charge in [0.05, 0.1) is 5.69 Å². The zero-order valence-electron chi connectivity index (χ0n) is 20.1. The third-order valence-corrected chi connectivity index (χ3v) is 7.16. The van der Waals surface area contributed by atoms with Crippen molar-refractivity contribution in [1.82, 2.24) is 15.2 Å². The lowest BCUT2D eigenvalue weighted by Gasteiger charge is -2.35. The summed E-state index contributed by atoms with van der Waals surface area (Å²) in [7, 11) is 2.07. The van der Waals surface area contributed by atoms with E-state index in [1.807, 2.05) is 6.07 Å². The molecular formula is C27H33FN4O2. The van der Waals surface area contributed by atoms with Crippen LogP contribution in [0.3, 0.4) is 0 Å². The van der Waals surface area contributed by atoms with Crippen LogP contribution in [0, 0.1) is 11.2 Å². The zero-order valence-corrected chi connectivity index (χ0v) is 20.1. The van der Waals surface area contributed by atoms with E-state index in [0.717, 1.165) is 18.7 Å². The lowest BCUT2D eigenvalue weighted by atomic mass is 9.77. The van der Waals surface area contributed by atoms with Gasteiger partial charge in [0.15, 0.2) is 5.82 Å². The molecule has 0 unspecified atom stereocenters. The number of aromatic nitrogens is 3. The number of hydrogen-bond acceptors (Lipinski definition) is 5. The van der Waals surface area contributed by atoms with Gasteiger partial charge in [0.25, 0.3) is 0 Å². The highest BCUT2D eigenvalue weighted by Gasteiger charge is 2.32. The Balaban J connectivity index is 1.56. The first-order valence-electron chi connectivity index (χ1n) is 12.1. The molecule has 2 heterocycles. The Labute approximate surface area is 199 Å². The number of pyridine rings is 1. The molecule has 0 amide bonds. The summed E-state index contributed by atoms with van der Waals surface area (Å²) in [6.07, 6.45) is 9.90. The van der Waals surface area contributed by atoms with Gasteiger partial charge in [-0.1, -0.05) is 33.1 Å². The maximum absolute atomic E-state index is 14.9. The van der Waals surface area contributed by atoms with Crippen LogP contribution in [-0.4, -0.2) is 33.4 Å². The van der Waals surface area contributed by atoms with Crippen molar-refractivity contribution in [3.05, 3.63) is 58.8 Å². The van der Waals surface area contributed by atoms with E-state index in [4.69, 9.17) is 0 Å². The smallest absolute Gasteiger partial charge is 0.248 e. The van der Waals surface area contributed by atoms with E-state index in [1.54, 1.807) is 12.1 Å². The summed E-state index contributed by atoms with van der Waals surface area (Å²) in [5.74, 6) is 0.107. The Morgan fingerprint density at radius 3 is 2.71 bits per heavy atom. The third kappa shape index (κ3) is 5.13. The Bertz CT molecular complexity index is 1190. The molecule has 1 saturated carbocycles. The van der Waals surface area contributed by atoms with Crippen molar-refractivity contribution in [1.29, 1.82) is 0 Å².